The number of para-hydroxylation sites is 1. The molecule has 0 N–H and O–H groups in total. The number of hydrogen-bond acceptors (Lipinski definition) is 4. The highest BCUT2D eigenvalue weighted by Crippen LogP contribution is 2.26. The summed E-state index contributed by atoms with van der Waals surface area (Å²) in [6.45, 7) is 10.1. The van der Waals surface area contributed by atoms with E-state index in [9.17, 15) is 4.79 Å². The molecule has 33 heavy (non-hydrogen) atoms. The third-order valence-corrected chi connectivity index (χ3v) is 5.80. The van der Waals surface area contributed by atoms with Gasteiger partial charge in [-0.1, -0.05) is 70.2 Å². The summed E-state index contributed by atoms with van der Waals surface area (Å²) in [5.74, 6) is 1.05. The fraction of sp³-hybridized carbons (Fsp3) is 0.385. The standard InChI is InChI=1S/C26H32N6O/c1-19(2)13-14-30-17-23(15-20(3)4)31(26(30)33)16-21-9-11-22(12-10-21)24-7-5-6-8-25(24)32-18-27-28-29-32/h5-12,17-20H,13-16H2,1-4H3. The van der Waals surface area contributed by atoms with Crippen molar-refractivity contribution in [3.05, 3.63) is 82.8 Å². The monoisotopic (exact) mass is 444 g/mol. The van der Waals surface area contributed by atoms with Gasteiger partial charge in [-0.15, -0.1) is 5.10 Å². The second-order valence-electron chi connectivity index (χ2n) is 9.43. The van der Waals surface area contributed by atoms with E-state index in [1.165, 1.54) is 0 Å². The van der Waals surface area contributed by atoms with E-state index in [2.05, 4.69) is 79.7 Å². The quantitative estimate of drug-likeness (QED) is 0.379. The number of aryl methyl sites for hydroxylation is 1. The van der Waals surface area contributed by atoms with Crippen molar-refractivity contribution < 1.29 is 0 Å². The maximum Gasteiger partial charge on any atom is 0.328 e. The third kappa shape index (κ3) is 5.30. The predicted octanol–water partition coefficient (Wildman–Crippen LogP) is 4.59. The number of hydrogen-bond donors (Lipinski definition) is 0. The molecule has 2 aromatic carbocycles. The Bertz CT molecular complexity index is 1230. The van der Waals surface area contributed by atoms with Gasteiger partial charge in [0.1, 0.15) is 6.33 Å². The second kappa shape index (κ2) is 9.98. The van der Waals surface area contributed by atoms with Crippen molar-refractivity contribution in [1.82, 2.24) is 29.3 Å². The maximum absolute atomic E-state index is 13.2. The van der Waals surface area contributed by atoms with Crippen LogP contribution in [0.2, 0.25) is 0 Å². The molecule has 0 atom stereocenters. The molecule has 0 fully saturated rings. The summed E-state index contributed by atoms with van der Waals surface area (Å²) in [5, 5.41) is 11.5. The van der Waals surface area contributed by atoms with Gasteiger partial charge in [0, 0.05) is 24.0 Å². The van der Waals surface area contributed by atoms with Gasteiger partial charge >= 0.3 is 5.69 Å². The summed E-state index contributed by atoms with van der Waals surface area (Å²) in [5.41, 5.74) is 5.34. The molecule has 0 bridgehead atoms. The van der Waals surface area contributed by atoms with Gasteiger partial charge in [-0.2, -0.15) is 4.68 Å². The molecule has 0 aliphatic carbocycles. The summed E-state index contributed by atoms with van der Waals surface area (Å²) in [4.78, 5) is 13.2. The Morgan fingerprint density at radius 3 is 2.36 bits per heavy atom. The summed E-state index contributed by atoms with van der Waals surface area (Å²) in [6.07, 6.45) is 5.54. The molecule has 0 saturated carbocycles. The molecule has 0 aliphatic rings. The lowest BCUT2D eigenvalue weighted by Crippen LogP contribution is -2.26. The number of benzene rings is 2. The van der Waals surface area contributed by atoms with Crippen LogP contribution in [0.3, 0.4) is 0 Å². The first-order valence-electron chi connectivity index (χ1n) is 11.6. The second-order valence-corrected chi connectivity index (χ2v) is 9.43. The minimum Gasteiger partial charge on any atom is -0.299 e. The molecule has 0 aliphatic heterocycles. The molecule has 172 valence electrons. The predicted molar refractivity (Wildman–Crippen MR) is 130 cm³/mol. The Balaban J connectivity index is 1.61. The van der Waals surface area contributed by atoms with E-state index in [-0.39, 0.29) is 5.69 Å². The normalized spacial score (nSPS) is 11.6. The molecule has 0 amide bonds. The Morgan fingerprint density at radius 2 is 1.70 bits per heavy atom. The van der Waals surface area contributed by atoms with Crippen LogP contribution in [0.5, 0.6) is 0 Å². The number of imidazole rings is 1. The first kappa shape index (κ1) is 22.7. The van der Waals surface area contributed by atoms with Crippen molar-refractivity contribution in [2.75, 3.05) is 0 Å². The molecule has 0 spiro atoms. The van der Waals surface area contributed by atoms with Gasteiger partial charge in [-0.05, 0) is 52.3 Å². The van der Waals surface area contributed by atoms with Gasteiger partial charge < -0.3 is 0 Å². The minimum absolute atomic E-state index is 0.0828. The van der Waals surface area contributed by atoms with Gasteiger partial charge in [0.2, 0.25) is 0 Å². The Labute approximate surface area is 194 Å². The molecule has 0 unspecified atom stereocenters. The van der Waals surface area contributed by atoms with Gasteiger partial charge in [0.05, 0.1) is 12.2 Å². The summed E-state index contributed by atoms with van der Waals surface area (Å²) in [6, 6.07) is 16.4. The van der Waals surface area contributed by atoms with Crippen LogP contribution in [-0.2, 0) is 19.5 Å². The van der Waals surface area contributed by atoms with Gasteiger partial charge in [0.15, 0.2) is 0 Å². The first-order chi connectivity index (χ1) is 15.9. The summed E-state index contributed by atoms with van der Waals surface area (Å²) >= 11 is 0. The van der Waals surface area contributed by atoms with E-state index in [1.807, 2.05) is 27.3 Å². The van der Waals surface area contributed by atoms with Crippen LogP contribution in [0.4, 0.5) is 0 Å². The smallest absolute Gasteiger partial charge is 0.299 e. The van der Waals surface area contributed by atoms with Crippen molar-refractivity contribution >= 4 is 0 Å². The van der Waals surface area contributed by atoms with Crippen LogP contribution in [-0.4, -0.2) is 29.3 Å². The van der Waals surface area contributed by atoms with Crippen LogP contribution in [0.15, 0.2) is 65.8 Å². The van der Waals surface area contributed by atoms with E-state index < -0.39 is 0 Å². The zero-order chi connectivity index (χ0) is 23.4. The highest BCUT2D eigenvalue weighted by atomic mass is 16.1. The first-order valence-corrected chi connectivity index (χ1v) is 11.6. The lowest BCUT2D eigenvalue weighted by Gasteiger charge is -2.11. The number of tetrazole rings is 1. The number of rotatable bonds is 9. The van der Waals surface area contributed by atoms with Crippen molar-refractivity contribution in [2.45, 2.75) is 53.6 Å². The van der Waals surface area contributed by atoms with Crippen molar-refractivity contribution in [3.8, 4) is 16.8 Å². The zero-order valence-electron chi connectivity index (χ0n) is 19.8. The van der Waals surface area contributed by atoms with E-state index in [4.69, 9.17) is 0 Å². The van der Waals surface area contributed by atoms with Gasteiger partial charge in [-0.25, -0.2) is 4.79 Å². The molecule has 0 radical (unpaired) electrons. The summed E-state index contributed by atoms with van der Waals surface area (Å²) < 4.78 is 5.49. The lowest BCUT2D eigenvalue weighted by molar-refractivity contribution is 0.502. The molecular weight excluding hydrogens is 412 g/mol. The van der Waals surface area contributed by atoms with Crippen molar-refractivity contribution in [3.63, 3.8) is 0 Å². The van der Waals surface area contributed by atoms with Crippen molar-refractivity contribution in [1.29, 1.82) is 0 Å². The Hall–Kier alpha value is -3.48. The number of nitrogens with zero attached hydrogens (tertiary/aromatic N) is 6. The van der Waals surface area contributed by atoms with E-state index in [0.29, 0.717) is 18.4 Å². The molecule has 2 heterocycles. The lowest BCUT2D eigenvalue weighted by atomic mass is 10.0. The fourth-order valence-electron chi connectivity index (χ4n) is 4.05. The maximum atomic E-state index is 13.2. The third-order valence-electron chi connectivity index (χ3n) is 5.80. The van der Waals surface area contributed by atoms with E-state index in [1.54, 1.807) is 11.0 Å². The Kier molecular flexibility index (Phi) is 6.87. The molecule has 7 nitrogen and oxygen atoms in total. The largest absolute Gasteiger partial charge is 0.328 e. The Morgan fingerprint density at radius 1 is 0.939 bits per heavy atom. The van der Waals surface area contributed by atoms with Crippen LogP contribution in [0.1, 0.15) is 45.4 Å². The molecule has 4 aromatic rings. The molecule has 0 saturated heterocycles. The van der Waals surface area contributed by atoms with Crippen LogP contribution < -0.4 is 5.69 Å². The average Bonchev–Trinajstić information content (AvgIpc) is 3.42. The van der Waals surface area contributed by atoms with Crippen molar-refractivity contribution in [2.24, 2.45) is 11.8 Å². The molecule has 7 heteroatoms. The van der Waals surface area contributed by atoms with Gasteiger partial charge in [-0.3, -0.25) is 9.13 Å². The van der Waals surface area contributed by atoms with Crippen LogP contribution in [0, 0.1) is 11.8 Å². The number of aromatic nitrogens is 6. The van der Waals surface area contributed by atoms with E-state index >= 15 is 0 Å². The SMILES string of the molecule is CC(C)CCn1cc(CC(C)C)n(Cc2ccc(-c3ccccc3-n3cnnn3)cc2)c1=O. The molecular formula is C26H32N6O. The fourth-order valence-corrected chi connectivity index (χ4v) is 4.05. The average molecular weight is 445 g/mol. The van der Waals surface area contributed by atoms with Crippen LogP contribution in [0.25, 0.3) is 16.8 Å². The molecule has 2 aromatic heterocycles. The highest BCUT2D eigenvalue weighted by Gasteiger charge is 2.14. The van der Waals surface area contributed by atoms with E-state index in [0.717, 1.165) is 47.5 Å². The summed E-state index contributed by atoms with van der Waals surface area (Å²) in [7, 11) is 0. The highest BCUT2D eigenvalue weighted by molar-refractivity contribution is 5.72. The van der Waals surface area contributed by atoms with Gasteiger partial charge in [0.25, 0.3) is 0 Å². The molecule has 4 rings (SSSR count). The topological polar surface area (TPSA) is 70.5 Å². The van der Waals surface area contributed by atoms with Crippen LogP contribution >= 0.6 is 0 Å². The minimum atomic E-state index is 0.0828. The zero-order valence-corrected chi connectivity index (χ0v) is 19.8.